The van der Waals surface area contributed by atoms with Gasteiger partial charge in [0.05, 0.1) is 34.1 Å². The summed E-state index contributed by atoms with van der Waals surface area (Å²) in [5.41, 5.74) is -0.255. The van der Waals surface area contributed by atoms with E-state index in [4.69, 9.17) is 11.6 Å². The number of carbonyl (C=O) groups excluding carboxylic acids is 2. The first-order chi connectivity index (χ1) is 18.5. The number of anilines is 1. The zero-order valence-electron chi connectivity index (χ0n) is 19.6. The maximum absolute atomic E-state index is 13.4. The molecule has 202 valence electrons. The van der Waals surface area contributed by atoms with E-state index in [1.54, 1.807) is 6.07 Å². The number of hydrogen-bond acceptors (Lipinski definition) is 5. The van der Waals surface area contributed by atoms with Crippen LogP contribution in [0.2, 0.25) is 5.02 Å². The van der Waals surface area contributed by atoms with Crippen LogP contribution in [0.25, 0.3) is 5.69 Å². The molecule has 0 radical (unpaired) electrons. The summed E-state index contributed by atoms with van der Waals surface area (Å²) in [7, 11) is 0. The standard InChI is InChI=1S/C25H17BrClF4N5O2S/c26-15-4-9-20(27)19(11-15)23(38)32-12-21-34-35-24(36(21)18-3-1-2-14(10-18)25(29,30)31)39-13-22(37)33-17-7-5-16(28)6-8-17/h1-11H,12-13H2,(H,32,38)(H,33,37). The summed E-state index contributed by atoms with van der Waals surface area (Å²) in [5, 5.41) is 13.6. The molecule has 0 saturated carbocycles. The Labute approximate surface area is 237 Å². The van der Waals surface area contributed by atoms with Gasteiger partial charge in [-0.3, -0.25) is 14.2 Å². The van der Waals surface area contributed by atoms with E-state index in [9.17, 15) is 27.2 Å². The molecule has 14 heteroatoms. The number of carbonyl (C=O) groups is 2. The average molecular weight is 643 g/mol. The number of amides is 2. The molecule has 1 heterocycles. The molecule has 0 aliphatic heterocycles. The fraction of sp³-hybridized carbons (Fsp3) is 0.120. The lowest BCUT2D eigenvalue weighted by atomic mass is 10.2. The van der Waals surface area contributed by atoms with Crippen LogP contribution in [-0.4, -0.2) is 32.3 Å². The molecule has 0 aliphatic rings. The second kappa shape index (κ2) is 12.2. The number of rotatable bonds is 8. The average Bonchev–Trinajstić information content (AvgIpc) is 3.31. The first-order valence-corrected chi connectivity index (χ1v) is 13.2. The van der Waals surface area contributed by atoms with Gasteiger partial charge in [0.25, 0.3) is 5.91 Å². The normalized spacial score (nSPS) is 11.3. The Morgan fingerprint density at radius 3 is 2.49 bits per heavy atom. The van der Waals surface area contributed by atoms with Crippen LogP contribution in [0.1, 0.15) is 21.7 Å². The Morgan fingerprint density at radius 1 is 1.03 bits per heavy atom. The molecule has 0 fully saturated rings. The second-order valence-electron chi connectivity index (χ2n) is 7.93. The van der Waals surface area contributed by atoms with Crippen molar-refractivity contribution in [2.45, 2.75) is 17.9 Å². The molecule has 4 rings (SSSR count). The lowest BCUT2D eigenvalue weighted by molar-refractivity contribution is -0.137. The SMILES string of the molecule is O=C(CSc1nnc(CNC(=O)c2cc(Br)ccc2Cl)n1-c1cccc(C(F)(F)F)c1)Nc1ccc(F)cc1. The zero-order chi connectivity index (χ0) is 28.2. The van der Waals surface area contributed by atoms with Crippen molar-refractivity contribution in [3.05, 3.63) is 99.0 Å². The van der Waals surface area contributed by atoms with E-state index >= 15 is 0 Å². The minimum atomic E-state index is -4.60. The number of nitrogens with one attached hydrogen (secondary N) is 2. The van der Waals surface area contributed by atoms with Gasteiger partial charge < -0.3 is 10.6 Å². The highest BCUT2D eigenvalue weighted by atomic mass is 79.9. The number of thioether (sulfide) groups is 1. The quantitative estimate of drug-likeness (QED) is 0.169. The largest absolute Gasteiger partial charge is 0.416 e. The van der Waals surface area contributed by atoms with Gasteiger partial charge in [0.1, 0.15) is 5.82 Å². The third kappa shape index (κ3) is 7.37. The molecular formula is C25H17BrClF4N5O2S. The molecule has 0 aliphatic carbocycles. The van der Waals surface area contributed by atoms with Crippen molar-refractivity contribution in [2.24, 2.45) is 0 Å². The highest BCUT2D eigenvalue weighted by molar-refractivity contribution is 9.10. The van der Waals surface area contributed by atoms with Crippen LogP contribution in [0.4, 0.5) is 23.2 Å². The molecule has 3 aromatic carbocycles. The monoisotopic (exact) mass is 641 g/mol. The fourth-order valence-corrected chi connectivity index (χ4v) is 4.71. The predicted molar refractivity (Wildman–Crippen MR) is 142 cm³/mol. The third-order valence-corrected chi connectivity index (χ3v) is 6.92. The van der Waals surface area contributed by atoms with Gasteiger partial charge in [-0.15, -0.1) is 10.2 Å². The van der Waals surface area contributed by atoms with Crippen molar-refractivity contribution in [2.75, 3.05) is 11.1 Å². The van der Waals surface area contributed by atoms with Crippen molar-refractivity contribution in [3.8, 4) is 5.69 Å². The third-order valence-electron chi connectivity index (χ3n) is 5.17. The molecule has 0 spiro atoms. The van der Waals surface area contributed by atoms with Crippen molar-refractivity contribution in [1.82, 2.24) is 20.1 Å². The van der Waals surface area contributed by atoms with Gasteiger partial charge in [-0.2, -0.15) is 13.2 Å². The minimum absolute atomic E-state index is 0.0843. The highest BCUT2D eigenvalue weighted by Crippen LogP contribution is 2.32. The number of alkyl halides is 3. The first kappa shape index (κ1) is 28.6. The van der Waals surface area contributed by atoms with E-state index in [2.05, 4.69) is 36.8 Å². The van der Waals surface area contributed by atoms with E-state index in [1.165, 1.54) is 53.1 Å². The lowest BCUT2D eigenvalue weighted by Gasteiger charge is -2.14. The van der Waals surface area contributed by atoms with Gasteiger partial charge in [0.15, 0.2) is 11.0 Å². The maximum atomic E-state index is 13.4. The van der Waals surface area contributed by atoms with E-state index in [0.29, 0.717) is 10.2 Å². The summed E-state index contributed by atoms with van der Waals surface area (Å²) in [6.45, 7) is -0.201. The summed E-state index contributed by atoms with van der Waals surface area (Å²) in [6.07, 6.45) is -4.60. The molecule has 39 heavy (non-hydrogen) atoms. The van der Waals surface area contributed by atoms with Crippen molar-refractivity contribution in [1.29, 1.82) is 0 Å². The summed E-state index contributed by atoms with van der Waals surface area (Å²) in [5.74, 6) is -1.50. The van der Waals surface area contributed by atoms with E-state index in [0.717, 1.165) is 23.9 Å². The van der Waals surface area contributed by atoms with E-state index in [1.807, 2.05) is 0 Å². The molecule has 2 N–H and O–H groups in total. The molecular weight excluding hydrogens is 626 g/mol. The van der Waals surface area contributed by atoms with Gasteiger partial charge in [-0.1, -0.05) is 45.4 Å². The van der Waals surface area contributed by atoms with Crippen LogP contribution in [0.5, 0.6) is 0 Å². The molecule has 0 unspecified atom stereocenters. The van der Waals surface area contributed by atoms with Crippen LogP contribution < -0.4 is 10.6 Å². The van der Waals surface area contributed by atoms with Gasteiger partial charge in [0, 0.05) is 10.2 Å². The number of halogens is 6. The summed E-state index contributed by atoms with van der Waals surface area (Å²) in [6, 6.07) is 14.4. The van der Waals surface area contributed by atoms with Gasteiger partial charge >= 0.3 is 6.18 Å². The van der Waals surface area contributed by atoms with Crippen molar-refractivity contribution in [3.63, 3.8) is 0 Å². The molecule has 0 saturated heterocycles. The lowest BCUT2D eigenvalue weighted by Crippen LogP contribution is -2.25. The molecule has 0 bridgehead atoms. The molecule has 4 aromatic rings. The van der Waals surface area contributed by atoms with Crippen LogP contribution in [0.15, 0.2) is 76.4 Å². The maximum Gasteiger partial charge on any atom is 0.416 e. The van der Waals surface area contributed by atoms with Crippen LogP contribution >= 0.6 is 39.3 Å². The summed E-state index contributed by atoms with van der Waals surface area (Å²) < 4.78 is 55.3. The topological polar surface area (TPSA) is 88.9 Å². The number of hydrogen-bond donors (Lipinski definition) is 2. The fourth-order valence-electron chi connectivity index (χ4n) is 3.38. The first-order valence-electron chi connectivity index (χ1n) is 11.0. The van der Waals surface area contributed by atoms with Crippen molar-refractivity contribution >= 4 is 56.8 Å². The molecule has 2 amide bonds. The Morgan fingerprint density at radius 2 is 1.77 bits per heavy atom. The second-order valence-corrected chi connectivity index (χ2v) is 10.2. The number of nitrogens with zero attached hydrogens (tertiary/aromatic N) is 3. The molecule has 1 aromatic heterocycles. The Balaban J connectivity index is 1.58. The Bertz CT molecular complexity index is 1520. The molecule has 0 atom stereocenters. The minimum Gasteiger partial charge on any atom is -0.345 e. The van der Waals surface area contributed by atoms with Gasteiger partial charge in [0.2, 0.25) is 5.91 Å². The van der Waals surface area contributed by atoms with E-state index < -0.39 is 29.4 Å². The Hall–Kier alpha value is -3.42. The summed E-state index contributed by atoms with van der Waals surface area (Å²) in [4.78, 5) is 25.2. The van der Waals surface area contributed by atoms with Crippen LogP contribution in [0.3, 0.4) is 0 Å². The van der Waals surface area contributed by atoms with Crippen LogP contribution in [0, 0.1) is 5.82 Å². The molecule has 7 nitrogen and oxygen atoms in total. The van der Waals surface area contributed by atoms with Crippen molar-refractivity contribution < 1.29 is 27.2 Å². The predicted octanol–water partition coefficient (Wildman–Crippen LogP) is 6.50. The zero-order valence-corrected chi connectivity index (χ0v) is 22.8. The van der Waals surface area contributed by atoms with E-state index in [-0.39, 0.29) is 39.6 Å². The smallest absolute Gasteiger partial charge is 0.345 e. The highest BCUT2D eigenvalue weighted by Gasteiger charge is 2.31. The van der Waals surface area contributed by atoms with Gasteiger partial charge in [-0.25, -0.2) is 4.39 Å². The van der Waals surface area contributed by atoms with Gasteiger partial charge in [-0.05, 0) is 60.7 Å². The number of benzene rings is 3. The van der Waals surface area contributed by atoms with Crippen LogP contribution in [-0.2, 0) is 17.5 Å². The summed E-state index contributed by atoms with van der Waals surface area (Å²) >= 11 is 10.3. The number of aromatic nitrogens is 3. The Kier molecular flexibility index (Phi) is 8.93.